The van der Waals surface area contributed by atoms with E-state index in [9.17, 15) is 0 Å². The topological polar surface area (TPSA) is 12.0 Å². The quantitative estimate of drug-likeness (QED) is 0.809. The van der Waals surface area contributed by atoms with E-state index in [0.717, 1.165) is 11.0 Å². The standard InChI is InChI=1S/C12H16BrN/c1-12(8-2-3-9-14-12)10-4-6-11(13)7-5-10/h4-7,14H,2-3,8-9H2,1H3/t12-/m1/s1. The van der Waals surface area contributed by atoms with Gasteiger partial charge in [-0.05, 0) is 44.0 Å². The normalized spacial score (nSPS) is 27.6. The van der Waals surface area contributed by atoms with Crippen molar-refractivity contribution in [1.29, 1.82) is 0 Å². The van der Waals surface area contributed by atoms with Crippen LogP contribution in [0.3, 0.4) is 0 Å². The SMILES string of the molecule is C[C@]1(c2ccc(Br)cc2)CCCCN1. The molecule has 0 aromatic heterocycles. The van der Waals surface area contributed by atoms with Crippen molar-refractivity contribution >= 4 is 15.9 Å². The van der Waals surface area contributed by atoms with Gasteiger partial charge in [-0.2, -0.15) is 0 Å². The van der Waals surface area contributed by atoms with Crippen LogP contribution in [0.25, 0.3) is 0 Å². The van der Waals surface area contributed by atoms with E-state index >= 15 is 0 Å². The molecule has 0 bridgehead atoms. The van der Waals surface area contributed by atoms with Crippen molar-refractivity contribution in [3.63, 3.8) is 0 Å². The third-order valence-corrected chi connectivity index (χ3v) is 3.63. The Morgan fingerprint density at radius 2 is 1.93 bits per heavy atom. The molecule has 2 rings (SSSR count). The molecular formula is C12H16BrN. The fraction of sp³-hybridized carbons (Fsp3) is 0.500. The lowest BCUT2D eigenvalue weighted by atomic mass is 9.84. The number of rotatable bonds is 1. The van der Waals surface area contributed by atoms with Crippen LogP contribution >= 0.6 is 15.9 Å². The van der Waals surface area contributed by atoms with E-state index in [4.69, 9.17) is 0 Å². The first kappa shape index (κ1) is 10.2. The van der Waals surface area contributed by atoms with Crippen molar-refractivity contribution in [2.45, 2.75) is 31.7 Å². The average Bonchev–Trinajstić information content (AvgIpc) is 2.19. The lowest BCUT2D eigenvalue weighted by Gasteiger charge is -2.35. The maximum Gasteiger partial charge on any atom is 0.0406 e. The maximum absolute atomic E-state index is 3.62. The summed E-state index contributed by atoms with van der Waals surface area (Å²) in [6.07, 6.45) is 3.89. The van der Waals surface area contributed by atoms with E-state index in [1.165, 1.54) is 24.8 Å². The van der Waals surface area contributed by atoms with Gasteiger partial charge in [0.25, 0.3) is 0 Å². The number of benzene rings is 1. The Bertz CT molecular complexity index is 299. The minimum absolute atomic E-state index is 0.193. The number of halogens is 1. The van der Waals surface area contributed by atoms with Gasteiger partial charge in [0.05, 0.1) is 0 Å². The van der Waals surface area contributed by atoms with Gasteiger partial charge in [-0.3, -0.25) is 0 Å². The summed E-state index contributed by atoms with van der Waals surface area (Å²) < 4.78 is 1.15. The molecule has 1 aliphatic heterocycles. The molecule has 1 aliphatic rings. The molecule has 1 nitrogen and oxygen atoms in total. The number of hydrogen-bond donors (Lipinski definition) is 1. The molecule has 0 unspecified atom stereocenters. The lowest BCUT2D eigenvalue weighted by Crippen LogP contribution is -2.43. The van der Waals surface area contributed by atoms with Crippen molar-refractivity contribution in [3.05, 3.63) is 34.3 Å². The Morgan fingerprint density at radius 3 is 2.50 bits per heavy atom. The first-order valence-corrected chi connectivity index (χ1v) is 6.01. The summed E-state index contributed by atoms with van der Waals surface area (Å²) in [5, 5.41) is 3.62. The van der Waals surface area contributed by atoms with Crippen molar-refractivity contribution < 1.29 is 0 Å². The Morgan fingerprint density at radius 1 is 1.21 bits per heavy atom. The second kappa shape index (κ2) is 4.03. The third kappa shape index (κ3) is 2.01. The summed E-state index contributed by atoms with van der Waals surface area (Å²) in [5.74, 6) is 0. The monoisotopic (exact) mass is 253 g/mol. The molecule has 2 heteroatoms. The van der Waals surface area contributed by atoms with Gasteiger partial charge in [0.1, 0.15) is 0 Å². The molecule has 1 N–H and O–H groups in total. The molecule has 0 amide bonds. The van der Waals surface area contributed by atoms with Crippen LogP contribution in [0.1, 0.15) is 31.7 Å². The van der Waals surface area contributed by atoms with Crippen LogP contribution in [0.2, 0.25) is 0 Å². The van der Waals surface area contributed by atoms with Crippen LogP contribution in [-0.4, -0.2) is 6.54 Å². The molecule has 1 heterocycles. The van der Waals surface area contributed by atoms with Crippen LogP contribution in [0, 0.1) is 0 Å². The molecule has 1 aromatic carbocycles. The van der Waals surface area contributed by atoms with Crippen LogP contribution in [0.15, 0.2) is 28.7 Å². The Kier molecular flexibility index (Phi) is 2.93. The first-order chi connectivity index (χ1) is 6.71. The molecule has 14 heavy (non-hydrogen) atoms. The second-order valence-corrected chi connectivity index (χ2v) is 5.14. The van der Waals surface area contributed by atoms with E-state index in [-0.39, 0.29) is 5.54 Å². The van der Waals surface area contributed by atoms with Gasteiger partial charge in [0, 0.05) is 10.0 Å². The predicted molar refractivity (Wildman–Crippen MR) is 63.3 cm³/mol. The Labute approximate surface area is 94.0 Å². The highest BCUT2D eigenvalue weighted by Gasteiger charge is 2.27. The fourth-order valence-electron chi connectivity index (χ4n) is 2.12. The summed E-state index contributed by atoms with van der Waals surface area (Å²) in [7, 11) is 0. The number of nitrogens with one attached hydrogen (secondary N) is 1. The molecule has 1 fully saturated rings. The van der Waals surface area contributed by atoms with Gasteiger partial charge >= 0.3 is 0 Å². The highest BCUT2D eigenvalue weighted by Crippen LogP contribution is 2.30. The average molecular weight is 254 g/mol. The van der Waals surface area contributed by atoms with Gasteiger partial charge in [0.15, 0.2) is 0 Å². The van der Waals surface area contributed by atoms with E-state index in [2.05, 4.69) is 52.4 Å². The molecule has 1 aromatic rings. The van der Waals surface area contributed by atoms with Crippen molar-refractivity contribution in [2.75, 3.05) is 6.54 Å². The van der Waals surface area contributed by atoms with E-state index in [1.54, 1.807) is 0 Å². The smallest absolute Gasteiger partial charge is 0.0406 e. The van der Waals surface area contributed by atoms with Gasteiger partial charge in [-0.1, -0.05) is 34.5 Å². The largest absolute Gasteiger partial charge is 0.308 e. The third-order valence-electron chi connectivity index (χ3n) is 3.10. The second-order valence-electron chi connectivity index (χ2n) is 4.22. The minimum atomic E-state index is 0.193. The summed E-state index contributed by atoms with van der Waals surface area (Å²) in [4.78, 5) is 0. The summed E-state index contributed by atoms with van der Waals surface area (Å²) >= 11 is 3.47. The molecule has 0 aliphatic carbocycles. The van der Waals surface area contributed by atoms with Gasteiger partial charge in [0.2, 0.25) is 0 Å². The van der Waals surface area contributed by atoms with Crippen LogP contribution in [0.5, 0.6) is 0 Å². The predicted octanol–water partition coefficient (Wildman–Crippen LogP) is 3.44. The van der Waals surface area contributed by atoms with Gasteiger partial charge in [-0.15, -0.1) is 0 Å². The molecule has 0 radical (unpaired) electrons. The Hall–Kier alpha value is -0.340. The lowest BCUT2D eigenvalue weighted by molar-refractivity contribution is 0.283. The van der Waals surface area contributed by atoms with Crippen LogP contribution < -0.4 is 5.32 Å². The van der Waals surface area contributed by atoms with Crippen LogP contribution in [-0.2, 0) is 5.54 Å². The zero-order valence-corrected chi connectivity index (χ0v) is 10.1. The Balaban J connectivity index is 2.23. The maximum atomic E-state index is 3.62. The highest BCUT2D eigenvalue weighted by molar-refractivity contribution is 9.10. The molecular weight excluding hydrogens is 238 g/mol. The summed E-state index contributed by atoms with van der Waals surface area (Å²) in [6, 6.07) is 8.67. The van der Waals surface area contributed by atoms with Crippen molar-refractivity contribution in [2.24, 2.45) is 0 Å². The molecule has 1 atom stereocenters. The fourth-order valence-corrected chi connectivity index (χ4v) is 2.38. The van der Waals surface area contributed by atoms with Crippen molar-refractivity contribution in [3.8, 4) is 0 Å². The zero-order valence-electron chi connectivity index (χ0n) is 8.52. The molecule has 1 saturated heterocycles. The number of hydrogen-bond acceptors (Lipinski definition) is 1. The first-order valence-electron chi connectivity index (χ1n) is 5.22. The van der Waals surface area contributed by atoms with E-state index in [1.807, 2.05) is 0 Å². The van der Waals surface area contributed by atoms with E-state index in [0.29, 0.717) is 0 Å². The van der Waals surface area contributed by atoms with Crippen LogP contribution in [0.4, 0.5) is 0 Å². The summed E-state index contributed by atoms with van der Waals surface area (Å²) in [5.41, 5.74) is 1.60. The number of piperidine rings is 1. The highest BCUT2D eigenvalue weighted by atomic mass is 79.9. The van der Waals surface area contributed by atoms with Gasteiger partial charge in [-0.25, -0.2) is 0 Å². The van der Waals surface area contributed by atoms with E-state index < -0.39 is 0 Å². The minimum Gasteiger partial charge on any atom is -0.308 e. The molecule has 0 saturated carbocycles. The molecule has 76 valence electrons. The van der Waals surface area contributed by atoms with Crippen molar-refractivity contribution in [1.82, 2.24) is 5.32 Å². The summed E-state index contributed by atoms with van der Waals surface area (Å²) in [6.45, 7) is 3.45. The zero-order chi connectivity index (χ0) is 10.0. The molecule has 0 spiro atoms. The van der Waals surface area contributed by atoms with Gasteiger partial charge < -0.3 is 5.32 Å².